The summed E-state index contributed by atoms with van der Waals surface area (Å²) in [5.41, 5.74) is 3.19. The molecule has 8 heteroatoms. The van der Waals surface area contributed by atoms with Gasteiger partial charge in [-0.25, -0.2) is 5.43 Å². The summed E-state index contributed by atoms with van der Waals surface area (Å²) in [5.74, 6) is -0.576. The highest BCUT2D eigenvalue weighted by Crippen LogP contribution is 2.30. The van der Waals surface area contributed by atoms with Crippen LogP contribution in [0.1, 0.15) is 16.1 Å². The number of hydrazone groups is 1. The Morgan fingerprint density at radius 2 is 2.04 bits per heavy atom. The van der Waals surface area contributed by atoms with Gasteiger partial charge in [0, 0.05) is 20.4 Å². The predicted molar refractivity (Wildman–Crippen MR) is 97.1 cm³/mol. The Morgan fingerprint density at radius 1 is 1.25 bits per heavy atom. The monoisotopic (exact) mass is 426 g/mol. The Kier molecular flexibility index (Phi) is 4.80. The van der Waals surface area contributed by atoms with Gasteiger partial charge in [0.1, 0.15) is 11.3 Å². The van der Waals surface area contributed by atoms with Gasteiger partial charge in [0.05, 0.1) is 11.2 Å². The van der Waals surface area contributed by atoms with Crippen molar-refractivity contribution in [2.24, 2.45) is 5.10 Å². The number of nitrogens with one attached hydrogen (secondary N) is 1. The fourth-order valence-corrected chi connectivity index (χ4v) is 2.91. The van der Waals surface area contributed by atoms with E-state index in [4.69, 9.17) is 27.6 Å². The molecule has 0 saturated heterocycles. The number of benzene rings is 2. The number of rotatable bonds is 3. The van der Waals surface area contributed by atoms with E-state index < -0.39 is 5.91 Å². The second-order valence-electron chi connectivity index (χ2n) is 4.82. The lowest BCUT2D eigenvalue weighted by molar-refractivity contribution is 0.0929. The summed E-state index contributed by atoms with van der Waals surface area (Å²) in [6.45, 7) is 0. The molecule has 3 aromatic rings. The minimum Gasteiger partial charge on any atom is -0.506 e. The number of amides is 1. The Bertz CT molecular complexity index is 969. The zero-order valence-corrected chi connectivity index (χ0v) is 15.0. The van der Waals surface area contributed by atoms with Crippen LogP contribution in [-0.2, 0) is 0 Å². The van der Waals surface area contributed by atoms with Crippen molar-refractivity contribution in [3.63, 3.8) is 0 Å². The van der Waals surface area contributed by atoms with Crippen LogP contribution in [0.3, 0.4) is 0 Å². The number of nitrogens with zero attached hydrogens (tertiary/aromatic N) is 1. The summed E-state index contributed by atoms with van der Waals surface area (Å²) in [4.78, 5) is 12.1. The lowest BCUT2D eigenvalue weighted by atomic mass is 10.2. The van der Waals surface area contributed by atoms with E-state index in [1.54, 1.807) is 12.1 Å². The molecule has 2 aromatic carbocycles. The molecule has 0 bridgehead atoms. The van der Waals surface area contributed by atoms with Crippen LogP contribution < -0.4 is 5.43 Å². The van der Waals surface area contributed by atoms with Gasteiger partial charge < -0.3 is 9.52 Å². The van der Waals surface area contributed by atoms with Crippen LogP contribution in [0.15, 0.2) is 50.4 Å². The topological polar surface area (TPSA) is 74.8 Å². The van der Waals surface area contributed by atoms with Crippen molar-refractivity contribution in [1.82, 2.24) is 5.43 Å². The van der Waals surface area contributed by atoms with Crippen LogP contribution in [0.5, 0.6) is 5.75 Å². The van der Waals surface area contributed by atoms with Crippen molar-refractivity contribution in [3.05, 3.63) is 62.2 Å². The van der Waals surface area contributed by atoms with Crippen LogP contribution in [-0.4, -0.2) is 17.2 Å². The summed E-state index contributed by atoms with van der Waals surface area (Å²) >= 11 is 15.0. The first-order valence-electron chi connectivity index (χ1n) is 6.64. The van der Waals surface area contributed by atoms with E-state index >= 15 is 0 Å². The molecule has 0 aliphatic heterocycles. The van der Waals surface area contributed by atoms with Crippen molar-refractivity contribution in [1.29, 1.82) is 0 Å². The van der Waals surface area contributed by atoms with Gasteiger partial charge in [-0.1, -0.05) is 39.1 Å². The largest absolute Gasteiger partial charge is 0.506 e. The zero-order valence-electron chi connectivity index (χ0n) is 11.9. The first-order valence-corrected chi connectivity index (χ1v) is 8.19. The van der Waals surface area contributed by atoms with E-state index in [0.717, 1.165) is 9.86 Å². The molecule has 24 heavy (non-hydrogen) atoms. The van der Waals surface area contributed by atoms with E-state index in [9.17, 15) is 9.90 Å². The molecule has 0 atom stereocenters. The molecular weight excluding hydrogens is 419 g/mol. The number of aromatic hydroxyl groups is 1. The Morgan fingerprint density at radius 3 is 2.83 bits per heavy atom. The number of fused-ring (bicyclic) bond motifs is 1. The third-order valence-corrected chi connectivity index (χ3v) is 4.13. The Labute approximate surface area is 155 Å². The fraction of sp³-hybridized carbons (Fsp3) is 0. The molecule has 5 nitrogen and oxygen atoms in total. The zero-order chi connectivity index (χ0) is 17.3. The maximum absolute atomic E-state index is 12.1. The molecule has 0 saturated carbocycles. The third kappa shape index (κ3) is 3.56. The normalized spacial score (nSPS) is 11.3. The van der Waals surface area contributed by atoms with Gasteiger partial charge in [0.15, 0.2) is 5.76 Å². The summed E-state index contributed by atoms with van der Waals surface area (Å²) in [7, 11) is 0. The standard InChI is InChI=1S/C16H9BrCl2N2O3/c17-10-1-2-13-8(3-10)5-14(24-13)16(23)21-20-7-9-4-11(18)6-12(19)15(9)22/h1-7,22H,(H,21,23)/b20-7+. The van der Waals surface area contributed by atoms with Crippen molar-refractivity contribution in [3.8, 4) is 5.75 Å². The molecule has 2 N–H and O–H groups in total. The first-order chi connectivity index (χ1) is 11.4. The van der Waals surface area contributed by atoms with E-state index in [2.05, 4.69) is 26.5 Å². The van der Waals surface area contributed by atoms with E-state index in [1.165, 1.54) is 18.3 Å². The molecule has 122 valence electrons. The average Bonchev–Trinajstić information content (AvgIpc) is 2.95. The van der Waals surface area contributed by atoms with Crippen molar-refractivity contribution >= 4 is 62.2 Å². The Balaban J connectivity index is 1.77. The van der Waals surface area contributed by atoms with E-state index in [0.29, 0.717) is 10.6 Å². The summed E-state index contributed by atoms with van der Waals surface area (Å²) < 4.78 is 6.33. The summed E-state index contributed by atoms with van der Waals surface area (Å²) in [6, 6.07) is 9.89. The van der Waals surface area contributed by atoms with Crippen LogP contribution in [0.4, 0.5) is 0 Å². The molecule has 3 rings (SSSR count). The quantitative estimate of drug-likeness (QED) is 0.457. The number of phenols is 1. The Hall–Kier alpha value is -2.02. The smallest absolute Gasteiger partial charge is 0.307 e. The van der Waals surface area contributed by atoms with Gasteiger partial charge in [-0.05, 0) is 36.4 Å². The van der Waals surface area contributed by atoms with Gasteiger partial charge in [-0.2, -0.15) is 5.10 Å². The first kappa shape index (κ1) is 16.8. The van der Waals surface area contributed by atoms with Gasteiger partial charge in [0.25, 0.3) is 0 Å². The molecule has 0 spiro atoms. The molecule has 0 fully saturated rings. The van der Waals surface area contributed by atoms with Crippen molar-refractivity contribution in [2.75, 3.05) is 0 Å². The van der Waals surface area contributed by atoms with Crippen molar-refractivity contribution < 1.29 is 14.3 Å². The molecule has 0 aliphatic rings. The lowest BCUT2D eigenvalue weighted by Gasteiger charge is -2.02. The van der Waals surface area contributed by atoms with Gasteiger partial charge in [-0.3, -0.25) is 4.79 Å². The van der Waals surface area contributed by atoms with Gasteiger partial charge in [0.2, 0.25) is 0 Å². The molecule has 1 amide bonds. The fourth-order valence-electron chi connectivity index (χ4n) is 2.03. The van der Waals surface area contributed by atoms with E-state index in [-0.39, 0.29) is 22.1 Å². The highest BCUT2D eigenvalue weighted by atomic mass is 79.9. The number of hydrogen-bond donors (Lipinski definition) is 2. The molecular formula is C16H9BrCl2N2O3. The molecule has 0 unspecified atom stereocenters. The number of hydrogen-bond acceptors (Lipinski definition) is 4. The van der Waals surface area contributed by atoms with Crippen LogP contribution in [0.2, 0.25) is 10.0 Å². The second-order valence-corrected chi connectivity index (χ2v) is 6.58. The van der Waals surface area contributed by atoms with Gasteiger partial charge in [-0.15, -0.1) is 0 Å². The molecule has 1 aromatic heterocycles. The minimum atomic E-state index is -0.522. The highest BCUT2D eigenvalue weighted by molar-refractivity contribution is 9.10. The summed E-state index contributed by atoms with van der Waals surface area (Å²) in [6.07, 6.45) is 1.24. The van der Waals surface area contributed by atoms with E-state index in [1.807, 2.05) is 12.1 Å². The van der Waals surface area contributed by atoms with Crippen LogP contribution in [0, 0.1) is 0 Å². The third-order valence-electron chi connectivity index (χ3n) is 3.13. The SMILES string of the molecule is O=C(N/N=C/c1cc(Cl)cc(Cl)c1O)c1cc2cc(Br)ccc2o1. The maximum atomic E-state index is 12.1. The van der Waals surface area contributed by atoms with Crippen LogP contribution >= 0.6 is 39.1 Å². The summed E-state index contributed by atoms with van der Waals surface area (Å²) in [5, 5.41) is 14.8. The molecule has 0 aliphatic carbocycles. The molecule has 1 heterocycles. The predicted octanol–water partition coefficient (Wildman–Crippen LogP) is 4.97. The highest BCUT2D eigenvalue weighted by Gasteiger charge is 2.12. The number of carbonyl (C=O) groups is 1. The average molecular weight is 428 g/mol. The van der Waals surface area contributed by atoms with Gasteiger partial charge >= 0.3 is 5.91 Å². The number of carbonyl (C=O) groups excluding carboxylic acids is 1. The number of furan rings is 1. The molecule has 0 radical (unpaired) electrons. The number of halogens is 3. The second kappa shape index (κ2) is 6.84. The maximum Gasteiger partial charge on any atom is 0.307 e. The lowest BCUT2D eigenvalue weighted by Crippen LogP contribution is -2.16. The number of phenolic OH excluding ortho intramolecular Hbond substituents is 1. The van der Waals surface area contributed by atoms with Crippen molar-refractivity contribution in [2.45, 2.75) is 0 Å². The minimum absolute atomic E-state index is 0.0955. The van der Waals surface area contributed by atoms with Crippen LogP contribution in [0.25, 0.3) is 11.0 Å².